The summed E-state index contributed by atoms with van der Waals surface area (Å²) in [4.78, 5) is 24.4. The van der Waals surface area contributed by atoms with Crippen LogP contribution in [0.1, 0.15) is 6.42 Å². The first-order valence-corrected chi connectivity index (χ1v) is 5.88. The van der Waals surface area contributed by atoms with Crippen molar-refractivity contribution in [1.29, 1.82) is 0 Å². The molecule has 3 amide bonds. The number of thiophene rings is 1. The van der Waals surface area contributed by atoms with E-state index in [9.17, 15) is 9.59 Å². The molecule has 2 heterocycles. The quantitative estimate of drug-likeness (QED) is 0.812. The molecule has 1 aliphatic heterocycles. The number of hydrogen-bond acceptors (Lipinski definition) is 3. The summed E-state index contributed by atoms with van der Waals surface area (Å²) in [6, 6.07) is 3.36. The fourth-order valence-corrected chi connectivity index (χ4v) is 2.26. The number of urea groups is 1. The molecule has 0 saturated carbocycles. The molecule has 0 aromatic carbocycles. The third-order valence-electron chi connectivity index (χ3n) is 2.43. The van der Waals surface area contributed by atoms with Gasteiger partial charge in [-0.15, -0.1) is 11.3 Å². The minimum Gasteiger partial charge on any atom is -0.344 e. The second-order valence-corrected chi connectivity index (χ2v) is 4.70. The largest absolute Gasteiger partial charge is 0.344 e. The molecule has 0 radical (unpaired) electrons. The SMILES string of the molecule is CN1C[C@H](NC(=O)Nc2cccs2)CC1=O. The molecule has 86 valence electrons. The molecular formula is C10H13N3O2S. The van der Waals surface area contributed by atoms with Gasteiger partial charge in [0, 0.05) is 20.0 Å². The summed E-state index contributed by atoms with van der Waals surface area (Å²) in [5.41, 5.74) is 0. The fraction of sp³-hybridized carbons (Fsp3) is 0.400. The van der Waals surface area contributed by atoms with Crippen molar-refractivity contribution in [1.82, 2.24) is 10.2 Å². The lowest BCUT2D eigenvalue weighted by molar-refractivity contribution is -0.126. The van der Waals surface area contributed by atoms with Gasteiger partial charge in [-0.3, -0.25) is 10.1 Å². The van der Waals surface area contributed by atoms with E-state index >= 15 is 0 Å². The van der Waals surface area contributed by atoms with Gasteiger partial charge in [0.05, 0.1) is 11.0 Å². The number of likely N-dealkylation sites (tertiary alicyclic amines) is 1. The number of nitrogens with zero attached hydrogens (tertiary/aromatic N) is 1. The van der Waals surface area contributed by atoms with Crippen LogP contribution in [0, 0.1) is 0 Å². The summed E-state index contributed by atoms with van der Waals surface area (Å²) in [5, 5.41) is 8.18. The molecular weight excluding hydrogens is 226 g/mol. The highest BCUT2D eigenvalue weighted by atomic mass is 32.1. The molecule has 0 aliphatic carbocycles. The molecule has 0 unspecified atom stereocenters. The standard InChI is InChI=1S/C10H13N3O2S/c1-13-6-7(5-9(13)14)11-10(15)12-8-3-2-4-16-8/h2-4,7H,5-6H2,1H3,(H2,11,12,15)/t7-/m1/s1. The number of nitrogens with one attached hydrogen (secondary N) is 2. The number of amides is 3. The first-order chi connectivity index (χ1) is 7.65. The zero-order chi connectivity index (χ0) is 11.5. The van der Waals surface area contributed by atoms with Gasteiger partial charge >= 0.3 is 6.03 Å². The maximum Gasteiger partial charge on any atom is 0.320 e. The van der Waals surface area contributed by atoms with E-state index in [1.165, 1.54) is 11.3 Å². The summed E-state index contributed by atoms with van der Waals surface area (Å²) in [6.45, 7) is 0.580. The first-order valence-electron chi connectivity index (χ1n) is 5.00. The molecule has 1 saturated heterocycles. The van der Waals surface area contributed by atoms with E-state index in [4.69, 9.17) is 0 Å². The lowest BCUT2D eigenvalue weighted by Gasteiger charge is -2.12. The Balaban J connectivity index is 1.82. The van der Waals surface area contributed by atoms with E-state index in [2.05, 4.69) is 10.6 Å². The van der Waals surface area contributed by atoms with Crippen LogP contribution in [-0.2, 0) is 4.79 Å². The molecule has 2 N–H and O–H groups in total. The fourth-order valence-electron chi connectivity index (χ4n) is 1.64. The van der Waals surface area contributed by atoms with Crippen LogP contribution < -0.4 is 10.6 Å². The smallest absolute Gasteiger partial charge is 0.320 e. The lowest BCUT2D eigenvalue weighted by atomic mass is 10.3. The Hall–Kier alpha value is -1.56. The van der Waals surface area contributed by atoms with Crippen molar-refractivity contribution in [2.24, 2.45) is 0 Å². The average Bonchev–Trinajstić information content (AvgIpc) is 2.78. The minimum atomic E-state index is -0.254. The molecule has 1 aromatic rings. The molecule has 6 heteroatoms. The third-order valence-corrected chi connectivity index (χ3v) is 3.22. The summed E-state index contributed by atoms with van der Waals surface area (Å²) in [6.07, 6.45) is 0.383. The molecule has 1 aromatic heterocycles. The number of anilines is 1. The van der Waals surface area contributed by atoms with Crippen molar-refractivity contribution in [3.63, 3.8) is 0 Å². The maximum absolute atomic E-state index is 11.5. The van der Waals surface area contributed by atoms with Crippen molar-refractivity contribution >= 4 is 28.3 Å². The van der Waals surface area contributed by atoms with Crippen LogP contribution >= 0.6 is 11.3 Å². The van der Waals surface area contributed by atoms with Crippen LogP contribution in [-0.4, -0.2) is 36.5 Å². The molecule has 1 atom stereocenters. The maximum atomic E-state index is 11.5. The number of likely N-dealkylation sites (N-methyl/N-ethyl adjacent to an activating group) is 1. The summed E-state index contributed by atoms with van der Waals surface area (Å²) >= 11 is 1.46. The Kier molecular flexibility index (Phi) is 3.09. The first kappa shape index (κ1) is 10.9. The van der Waals surface area contributed by atoms with E-state index in [0.717, 1.165) is 5.00 Å². The number of carbonyl (C=O) groups is 2. The zero-order valence-electron chi connectivity index (χ0n) is 8.90. The van der Waals surface area contributed by atoms with Gasteiger partial charge in [0.1, 0.15) is 0 Å². The minimum absolute atomic E-state index is 0.0708. The predicted molar refractivity (Wildman–Crippen MR) is 62.5 cm³/mol. The van der Waals surface area contributed by atoms with Crippen LogP contribution in [0.3, 0.4) is 0 Å². The monoisotopic (exact) mass is 239 g/mol. The van der Waals surface area contributed by atoms with Crippen molar-refractivity contribution in [3.05, 3.63) is 17.5 Å². The molecule has 1 fully saturated rings. The Morgan fingerprint density at radius 1 is 1.62 bits per heavy atom. The molecule has 2 rings (SSSR count). The Bertz CT molecular complexity index is 391. The Morgan fingerprint density at radius 3 is 3.00 bits per heavy atom. The lowest BCUT2D eigenvalue weighted by Crippen LogP contribution is -2.39. The van der Waals surface area contributed by atoms with Crippen LogP contribution in [0.15, 0.2) is 17.5 Å². The highest BCUT2D eigenvalue weighted by Crippen LogP contribution is 2.15. The number of carbonyl (C=O) groups excluding carboxylic acids is 2. The van der Waals surface area contributed by atoms with E-state index in [-0.39, 0.29) is 18.0 Å². The highest BCUT2D eigenvalue weighted by Gasteiger charge is 2.27. The molecule has 5 nitrogen and oxygen atoms in total. The van der Waals surface area contributed by atoms with Crippen LogP contribution in [0.2, 0.25) is 0 Å². The van der Waals surface area contributed by atoms with Crippen LogP contribution in [0.4, 0.5) is 9.80 Å². The summed E-state index contributed by atoms with van der Waals surface area (Å²) in [5.74, 6) is 0.0708. The van der Waals surface area contributed by atoms with Gasteiger partial charge in [-0.25, -0.2) is 4.79 Å². The highest BCUT2D eigenvalue weighted by molar-refractivity contribution is 7.14. The van der Waals surface area contributed by atoms with Gasteiger partial charge in [-0.2, -0.15) is 0 Å². The topological polar surface area (TPSA) is 61.4 Å². The molecule has 0 bridgehead atoms. The van der Waals surface area contributed by atoms with Crippen molar-refractivity contribution in [2.75, 3.05) is 18.9 Å². The van der Waals surface area contributed by atoms with Gasteiger partial charge in [0.25, 0.3) is 0 Å². The molecule has 1 aliphatic rings. The van der Waals surface area contributed by atoms with Gasteiger partial charge < -0.3 is 10.2 Å². The van der Waals surface area contributed by atoms with Crippen molar-refractivity contribution in [2.45, 2.75) is 12.5 Å². The van der Waals surface area contributed by atoms with E-state index < -0.39 is 0 Å². The van der Waals surface area contributed by atoms with Gasteiger partial charge in [0.2, 0.25) is 5.91 Å². The molecule has 0 spiro atoms. The normalized spacial score (nSPS) is 19.9. The van der Waals surface area contributed by atoms with Crippen LogP contribution in [0.5, 0.6) is 0 Å². The predicted octanol–water partition coefficient (Wildman–Crippen LogP) is 1.10. The number of rotatable bonds is 2. The van der Waals surface area contributed by atoms with E-state index in [1.807, 2.05) is 17.5 Å². The van der Waals surface area contributed by atoms with E-state index in [1.54, 1.807) is 11.9 Å². The van der Waals surface area contributed by atoms with Crippen molar-refractivity contribution < 1.29 is 9.59 Å². The van der Waals surface area contributed by atoms with Gasteiger partial charge in [-0.05, 0) is 17.5 Å². The Labute approximate surface area is 97.4 Å². The second kappa shape index (κ2) is 4.52. The molecule has 16 heavy (non-hydrogen) atoms. The summed E-state index contributed by atoms with van der Waals surface area (Å²) < 4.78 is 0. The Morgan fingerprint density at radius 2 is 2.44 bits per heavy atom. The van der Waals surface area contributed by atoms with E-state index in [0.29, 0.717) is 13.0 Å². The van der Waals surface area contributed by atoms with Gasteiger partial charge in [0.15, 0.2) is 0 Å². The van der Waals surface area contributed by atoms with Crippen molar-refractivity contribution in [3.8, 4) is 0 Å². The second-order valence-electron chi connectivity index (χ2n) is 3.75. The zero-order valence-corrected chi connectivity index (χ0v) is 9.71. The summed E-state index contributed by atoms with van der Waals surface area (Å²) in [7, 11) is 1.74. The third kappa shape index (κ3) is 2.52. The van der Waals surface area contributed by atoms with Gasteiger partial charge in [-0.1, -0.05) is 0 Å². The average molecular weight is 239 g/mol. The number of hydrogen-bond donors (Lipinski definition) is 2. The van der Waals surface area contributed by atoms with Crippen LogP contribution in [0.25, 0.3) is 0 Å².